The van der Waals surface area contributed by atoms with Crippen molar-refractivity contribution >= 4 is 34.8 Å². The Morgan fingerprint density at radius 2 is 1.94 bits per heavy atom. The van der Waals surface area contributed by atoms with Gasteiger partial charge in [0.1, 0.15) is 12.3 Å². The largest absolute Gasteiger partial charge is 0.472 e. The second kappa shape index (κ2) is 9.60. The average Bonchev–Trinajstić information content (AvgIpc) is 3.40. The van der Waals surface area contributed by atoms with E-state index in [0.717, 1.165) is 0 Å². The number of amides is 1. The van der Waals surface area contributed by atoms with Crippen molar-refractivity contribution in [3.05, 3.63) is 87.8 Å². The Labute approximate surface area is 197 Å². The second-order valence-electron chi connectivity index (χ2n) is 7.00. The van der Waals surface area contributed by atoms with Crippen molar-refractivity contribution in [2.45, 2.75) is 13.0 Å². The van der Waals surface area contributed by atoms with Gasteiger partial charge in [-0.3, -0.25) is 9.48 Å². The fraction of sp³-hybridized carbons (Fsp3) is 0.136. The topological polar surface area (TPSA) is 74.0 Å². The molecule has 0 aliphatic rings. The van der Waals surface area contributed by atoms with Crippen LogP contribution in [0.5, 0.6) is 5.88 Å². The molecule has 0 spiro atoms. The van der Waals surface area contributed by atoms with Gasteiger partial charge in [0, 0.05) is 41.8 Å². The van der Waals surface area contributed by atoms with Crippen molar-refractivity contribution in [3.63, 3.8) is 0 Å². The van der Waals surface area contributed by atoms with Crippen LogP contribution in [0.15, 0.2) is 60.9 Å². The lowest BCUT2D eigenvalue weighted by Gasteiger charge is -2.11. The molecule has 1 N–H and O–H groups in total. The Morgan fingerprint density at radius 3 is 2.70 bits per heavy atom. The maximum absolute atomic E-state index is 13.2. The zero-order chi connectivity index (χ0) is 23.5. The number of alkyl halides is 2. The molecule has 0 saturated carbocycles. The van der Waals surface area contributed by atoms with Crippen molar-refractivity contribution < 1.29 is 18.3 Å². The molecule has 7 nitrogen and oxygen atoms in total. The van der Waals surface area contributed by atoms with Crippen LogP contribution in [0.1, 0.15) is 28.0 Å². The predicted octanol–water partition coefficient (Wildman–Crippen LogP) is 5.68. The van der Waals surface area contributed by atoms with Crippen LogP contribution in [0.3, 0.4) is 0 Å². The minimum absolute atomic E-state index is 0.0799. The van der Waals surface area contributed by atoms with Crippen LogP contribution >= 0.6 is 23.2 Å². The van der Waals surface area contributed by atoms with E-state index in [0.29, 0.717) is 32.9 Å². The molecule has 1 amide bonds. The standard InChI is InChI=1S/C22H17Cl2F2N5O2/c1-30-11-15(20(29-30)21(25)26)22(32)27-17-5-3-2-4-13(17)12-33-19-8-9-31(28-19)18-7-6-14(23)10-16(18)24/h2-11,21H,12H2,1H3,(H,27,32). The Bertz CT molecular complexity index is 1310. The molecule has 170 valence electrons. The summed E-state index contributed by atoms with van der Waals surface area (Å²) in [6, 6.07) is 13.6. The molecular weight excluding hydrogens is 475 g/mol. The average molecular weight is 492 g/mol. The number of hydrogen-bond acceptors (Lipinski definition) is 4. The van der Waals surface area contributed by atoms with Gasteiger partial charge in [-0.1, -0.05) is 41.4 Å². The molecule has 0 unspecified atom stereocenters. The summed E-state index contributed by atoms with van der Waals surface area (Å²) in [5, 5.41) is 11.6. The first-order valence-corrected chi connectivity index (χ1v) is 10.4. The molecule has 2 aromatic carbocycles. The van der Waals surface area contributed by atoms with E-state index < -0.39 is 18.0 Å². The SMILES string of the molecule is Cn1cc(C(=O)Nc2ccccc2COc2ccn(-c3ccc(Cl)cc3Cl)n2)c(C(F)F)n1. The first-order valence-electron chi connectivity index (χ1n) is 9.66. The molecule has 0 fully saturated rings. The van der Waals surface area contributed by atoms with Gasteiger partial charge in [0.2, 0.25) is 5.88 Å². The number of carbonyl (C=O) groups excluding carboxylic acids is 1. The minimum Gasteiger partial charge on any atom is -0.472 e. The fourth-order valence-corrected chi connectivity index (χ4v) is 3.63. The molecule has 0 radical (unpaired) electrons. The van der Waals surface area contributed by atoms with Gasteiger partial charge in [-0.25, -0.2) is 13.5 Å². The number of halogens is 4. The third kappa shape index (κ3) is 5.15. The summed E-state index contributed by atoms with van der Waals surface area (Å²) in [6.07, 6.45) is 0.0754. The third-order valence-corrected chi connectivity index (χ3v) is 5.21. The number of aromatic nitrogens is 4. The Hall–Kier alpha value is -3.43. The Morgan fingerprint density at radius 1 is 1.15 bits per heavy atom. The van der Waals surface area contributed by atoms with Gasteiger partial charge in [-0.05, 0) is 24.3 Å². The Balaban J connectivity index is 1.48. The van der Waals surface area contributed by atoms with Gasteiger partial charge in [0.25, 0.3) is 12.3 Å². The maximum Gasteiger partial charge on any atom is 0.282 e. The van der Waals surface area contributed by atoms with Crippen LogP contribution in [0.25, 0.3) is 5.69 Å². The molecule has 0 bridgehead atoms. The predicted molar refractivity (Wildman–Crippen MR) is 120 cm³/mol. The molecule has 0 saturated heterocycles. The lowest BCUT2D eigenvalue weighted by molar-refractivity contribution is 0.101. The summed E-state index contributed by atoms with van der Waals surface area (Å²) in [7, 11) is 1.47. The Kier molecular flexibility index (Phi) is 6.62. The van der Waals surface area contributed by atoms with E-state index in [1.165, 1.54) is 17.9 Å². The number of aryl methyl sites for hydroxylation is 1. The molecule has 2 heterocycles. The van der Waals surface area contributed by atoms with Crippen LogP contribution in [0, 0.1) is 0 Å². The number of hydrogen-bond donors (Lipinski definition) is 1. The number of rotatable bonds is 7. The van der Waals surface area contributed by atoms with Crippen molar-refractivity contribution in [1.29, 1.82) is 0 Å². The van der Waals surface area contributed by atoms with Gasteiger partial charge in [0.05, 0.1) is 16.3 Å². The number of ether oxygens (including phenoxy) is 1. The number of nitrogens with zero attached hydrogens (tertiary/aromatic N) is 4. The monoisotopic (exact) mass is 491 g/mol. The summed E-state index contributed by atoms with van der Waals surface area (Å²) in [4.78, 5) is 12.6. The highest BCUT2D eigenvalue weighted by Gasteiger charge is 2.23. The molecule has 0 atom stereocenters. The number of anilines is 1. The fourth-order valence-electron chi connectivity index (χ4n) is 3.14. The van der Waals surface area contributed by atoms with Crippen molar-refractivity contribution in [3.8, 4) is 11.6 Å². The van der Waals surface area contributed by atoms with Gasteiger partial charge in [0.15, 0.2) is 0 Å². The third-order valence-electron chi connectivity index (χ3n) is 4.67. The van der Waals surface area contributed by atoms with E-state index in [9.17, 15) is 13.6 Å². The van der Waals surface area contributed by atoms with E-state index >= 15 is 0 Å². The van der Waals surface area contributed by atoms with Crippen LogP contribution in [0.2, 0.25) is 10.0 Å². The smallest absolute Gasteiger partial charge is 0.282 e. The lowest BCUT2D eigenvalue weighted by Crippen LogP contribution is -2.15. The number of nitrogens with one attached hydrogen (secondary N) is 1. The summed E-state index contributed by atoms with van der Waals surface area (Å²) in [5.74, 6) is -0.359. The van der Waals surface area contributed by atoms with E-state index in [1.807, 2.05) is 0 Å². The molecule has 4 aromatic rings. The van der Waals surface area contributed by atoms with Crippen LogP contribution in [0.4, 0.5) is 14.5 Å². The zero-order valence-corrected chi connectivity index (χ0v) is 18.7. The van der Waals surface area contributed by atoms with Crippen molar-refractivity contribution in [2.75, 3.05) is 5.32 Å². The molecule has 0 aliphatic carbocycles. The molecule has 0 aliphatic heterocycles. The van der Waals surface area contributed by atoms with Crippen molar-refractivity contribution in [1.82, 2.24) is 19.6 Å². The molecule has 33 heavy (non-hydrogen) atoms. The second-order valence-corrected chi connectivity index (χ2v) is 7.84. The van der Waals surface area contributed by atoms with E-state index in [-0.39, 0.29) is 12.2 Å². The first-order chi connectivity index (χ1) is 15.8. The quantitative estimate of drug-likeness (QED) is 0.360. The first kappa shape index (κ1) is 22.8. The minimum atomic E-state index is -2.87. The highest BCUT2D eigenvalue weighted by atomic mass is 35.5. The number of benzene rings is 2. The molecule has 2 aromatic heterocycles. The van der Waals surface area contributed by atoms with E-state index in [1.54, 1.807) is 59.4 Å². The van der Waals surface area contributed by atoms with Crippen molar-refractivity contribution in [2.24, 2.45) is 7.05 Å². The van der Waals surface area contributed by atoms with Gasteiger partial charge < -0.3 is 10.1 Å². The number of para-hydroxylation sites is 1. The molecular formula is C22H17Cl2F2N5O2. The van der Waals surface area contributed by atoms with Crippen LogP contribution in [-0.2, 0) is 13.7 Å². The van der Waals surface area contributed by atoms with E-state index in [2.05, 4.69) is 15.5 Å². The summed E-state index contributed by atoms with van der Waals surface area (Å²) in [6.45, 7) is 0.0799. The van der Waals surface area contributed by atoms with Crippen LogP contribution in [-0.4, -0.2) is 25.5 Å². The van der Waals surface area contributed by atoms with Gasteiger partial charge in [-0.2, -0.15) is 5.10 Å². The highest BCUT2D eigenvalue weighted by molar-refractivity contribution is 6.35. The van der Waals surface area contributed by atoms with Gasteiger partial charge >= 0.3 is 0 Å². The molecule has 11 heteroatoms. The summed E-state index contributed by atoms with van der Waals surface area (Å²) < 4.78 is 34.9. The van der Waals surface area contributed by atoms with Gasteiger partial charge in [-0.15, -0.1) is 5.10 Å². The zero-order valence-electron chi connectivity index (χ0n) is 17.2. The number of carbonyl (C=O) groups is 1. The summed E-state index contributed by atoms with van der Waals surface area (Å²) in [5.41, 5.74) is 0.922. The lowest BCUT2D eigenvalue weighted by atomic mass is 10.1. The maximum atomic E-state index is 13.2. The highest BCUT2D eigenvalue weighted by Crippen LogP contribution is 2.26. The molecule has 4 rings (SSSR count). The normalized spacial score (nSPS) is 11.1. The van der Waals surface area contributed by atoms with E-state index in [4.69, 9.17) is 27.9 Å². The summed E-state index contributed by atoms with van der Waals surface area (Å²) >= 11 is 12.2. The van der Waals surface area contributed by atoms with Crippen LogP contribution < -0.4 is 10.1 Å².